The number of hydrogen-bond acceptors (Lipinski definition) is 4. The normalized spacial score (nSPS) is 12.2. The van der Waals surface area contributed by atoms with Crippen molar-refractivity contribution in [3.05, 3.63) is 54.2 Å². The summed E-state index contributed by atoms with van der Waals surface area (Å²) < 4.78 is 5.73. The Hall–Kier alpha value is -2.07. The van der Waals surface area contributed by atoms with Crippen molar-refractivity contribution in [1.29, 1.82) is 0 Å². The number of nitrogens with one attached hydrogen (secondary N) is 1. The number of benzene rings is 1. The van der Waals surface area contributed by atoms with E-state index in [2.05, 4.69) is 10.3 Å². The van der Waals surface area contributed by atoms with Gasteiger partial charge in [0.1, 0.15) is 0 Å². The van der Waals surface area contributed by atoms with Crippen LogP contribution in [0.25, 0.3) is 0 Å². The summed E-state index contributed by atoms with van der Waals surface area (Å²) in [5.74, 6) is 1.38. The summed E-state index contributed by atoms with van der Waals surface area (Å²) in [6.07, 6.45) is 2.53. The monoisotopic (exact) mass is 286 g/mol. The zero-order valence-corrected chi connectivity index (χ0v) is 12.5. The highest BCUT2D eigenvalue weighted by atomic mass is 16.5. The van der Waals surface area contributed by atoms with Gasteiger partial charge < -0.3 is 15.2 Å². The van der Waals surface area contributed by atoms with Gasteiger partial charge in [-0.15, -0.1) is 0 Å². The number of ether oxygens (including phenoxy) is 1. The van der Waals surface area contributed by atoms with Crippen LogP contribution >= 0.6 is 0 Å². The van der Waals surface area contributed by atoms with Gasteiger partial charge in [-0.2, -0.15) is 0 Å². The van der Waals surface area contributed by atoms with Crippen molar-refractivity contribution in [2.24, 2.45) is 0 Å². The van der Waals surface area contributed by atoms with Crippen LogP contribution in [0.1, 0.15) is 19.4 Å². The smallest absolute Gasteiger partial charge is 0.169 e. The van der Waals surface area contributed by atoms with Crippen LogP contribution in [0.3, 0.4) is 0 Å². The Morgan fingerprint density at radius 3 is 2.57 bits per heavy atom. The molecule has 1 aromatic carbocycles. The number of pyridine rings is 1. The number of nitrogens with zero attached hydrogens (tertiary/aromatic N) is 1. The second kappa shape index (κ2) is 7.64. The first-order valence-electron chi connectivity index (χ1n) is 7.22. The molecule has 0 amide bonds. The van der Waals surface area contributed by atoms with Crippen LogP contribution in [0.15, 0.2) is 48.7 Å². The van der Waals surface area contributed by atoms with E-state index in [1.807, 2.05) is 56.3 Å². The van der Waals surface area contributed by atoms with Gasteiger partial charge in [0.15, 0.2) is 11.6 Å². The van der Waals surface area contributed by atoms with Gasteiger partial charge in [-0.25, -0.2) is 4.98 Å². The fourth-order valence-electron chi connectivity index (χ4n) is 2.10. The molecule has 0 aliphatic rings. The van der Waals surface area contributed by atoms with Crippen LogP contribution in [0.4, 0.5) is 5.82 Å². The quantitative estimate of drug-likeness (QED) is 0.822. The van der Waals surface area contributed by atoms with E-state index in [4.69, 9.17) is 4.74 Å². The molecule has 4 heteroatoms. The van der Waals surface area contributed by atoms with Crippen LogP contribution in [-0.2, 0) is 6.42 Å². The minimum absolute atomic E-state index is 0.0343. The van der Waals surface area contributed by atoms with Crippen LogP contribution in [-0.4, -0.2) is 28.8 Å². The molecular formula is C17H22N2O2. The zero-order valence-electron chi connectivity index (χ0n) is 12.5. The lowest BCUT2D eigenvalue weighted by Crippen LogP contribution is -2.27. The molecule has 2 rings (SSSR count). The van der Waals surface area contributed by atoms with Crippen molar-refractivity contribution >= 4 is 5.82 Å². The first kappa shape index (κ1) is 15.3. The van der Waals surface area contributed by atoms with Crippen LogP contribution in [0, 0.1) is 0 Å². The SMILES string of the molecule is CC(C)Oc1cccnc1NC(CO)Cc1ccccc1. The second-order valence-electron chi connectivity index (χ2n) is 5.23. The maximum absolute atomic E-state index is 9.59. The highest BCUT2D eigenvalue weighted by Gasteiger charge is 2.13. The van der Waals surface area contributed by atoms with Crippen LogP contribution in [0.5, 0.6) is 5.75 Å². The summed E-state index contributed by atoms with van der Waals surface area (Å²) in [6.45, 7) is 3.99. The predicted octanol–water partition coefficient (Wildman–Crippen LogP) is 2.88. The number of aliphatic hydroxyl groups excluding tert-OH is 1. The Labute approximate surface area is 125 Å². The number of aliphatic hydroxyl groups is 1. The molecule has 0 spiro atoms. The molecule has 4 nitrogen and oxygen atoms in total. The molecule has 0 fully saturated rings. The van der Waals surface area contributed by atoms with Crippen molar-refractivity contribution in [2.45, 2.75) is 32.4 Å². The molecule has 1 aromatic heterocycles. The molecule has 2 aromatic rings. The standard InChI is InChI=1S/C17H22N2O2/c1-13(2)21-16-9-6-10-18-17(16)19-15(12-20)11-14-7-4-3-5-8-14/h3-10,13,15,20H,11-12H2,1-2H3,(H,18,19). The lowest BCUT2D eigenvalue weighted by Gasteiger charge is -2.20. The topological polar surface area (TPSA) is 54.4 Å². The van der Waals surface area contributed by atoms with Gasteiger partial charge in [0.25, 0.3) is 0 Å². The molecule has 0 aliphatic carbocycles. The summed E-state index contributed by atoms with van der Waals surface area (Å²) in [4.78, 5) is 4.31. The highest BCUT2D eigenvalue weighted by molar-refractivity contribution is 5.50. The average molecular weight is 286 g/mol. The molecule has 1 unspecified atom stereocenters. The Bertz CT molecular complexity index is 543. The third-order valence-electron chi connectivity index (χ3n) is 3.02. The van der Waals surface area contributed by atoms with Crippen molar-refractivity contribution in [3.8, 4) is 5.75 Å². The molecular weight excluding hydrogens is 264 g/mol. The number of rotatable bonds is 7. The number of anilines is 1. The average Bonchev–Trinajstić information content (AvgIpc) is 2.49. The molecule has 112 valence electrons. The van der Waals surface area contributed by atoms with Crippen molar-refractivity contribution in [2.75, 3.05) is 11.9 Å². The minimum Gasteiger partial charge on any atom is -0.487 e. The fraction of sp³-hybridized carbons (Fsp3) is 0.353. The Kier molecular flexibility index (Phi) is 5.58. The molecule has 0 aliphatic heterocycles. The highest BCUT2D eigenvalue weighted by Crippen LogP contribution is 2.23. The maximum Gasteiger partial charge on any atom is 0.169 e. The summed E-state index contributed by atoms with van der Waals surface area (Å²) >= 11 is 0. The van der Waals surface area contributed by atoms with E-state index in [0.29, 0.717) is 11.6 Å². The Morgan fingerprint density at radius 1 is 1.14 bits per heavy atom. The van der Waals surface area contributed by atoms with Crippen LogP contribution < -0.4 is 10.1 Å². The van der Waals surface area contributed by atoms with Gasteiger partial charge in [-0.05, 0) is 38.0 Å². The van der Waals surface area contributed by atoms with Gasteiger partial charge in [-0.3, -0.25) is 0 Å². The van der Waals surface area contributed by atoms with Crippen molar-refractivity contribution in [3.63, 3.8) is 0 Å². The van der Waals surface area contributed by atoms with E-state index in [-0.39, 0.29) is 18.8 Å². The van der Waals surface area contributed by atoms with E-state index in [0.717, 1.165) is 6.42 Å². The van der Waals surface area contributed by atoms with Gasteiger partial charge in [-0.1, -0.05) is 30.3 Å². The summed E-state index contributed by atoms with van der Waals surface area (Å²) in [7, 11) is 0. The first-order valence-corrected chi connectivity index (χ1v) is 7.22. The molecule has 2 N–H and O–H groups in total. The zero-order chi connectivity index (χ0) is 15.1. The van der Waals surface area contributed by atoms with E-state index < -0.39 is 0 Å². The molecule has 0 saturated heterocycles. The van der Waals surface area contributed by atoms with Gasteiger partial charge in [0, 0.05) is 6.20 Å². The van der Waals surface area contributed by atoms with Crippen molar-refractivity contribution < 1.29 is 9.84 Å². The first-order chi connectivity index (χ1) is 10.2. The maximum atomic E-state index is 9.59. The van der Waals surface area contributed by atoms with E-state index in [1.165, 1.54) is 5.56 Å². The van der Waals surface area contributed by atoms with Gasteiger partial charge >= 0.3 is 0 Å². The number of aromatic nitrogens is 1. The predicted molar refractivity (Wildman–Crippen MR) is 84.6 cm³/mol. The summed E-state index contributed by atoms with van der Waals surface area (Å²) in [5.41, 5.74) is 1.17. The Morgan fingerprint density at radius 2 is 1.90 bits per heavy atom. The van der Waals surface area contributed by atoms with Gasteiger partial charge in [0.05, 0.1) is 18.8 Å². The lowest BCUT2D eigenvalue weighted by atomic mass is 10.1. The van der Waals surface area contributed by atoms with E-state index in [1.54, 1.807) is 6.20 Å². The summed E-state index contributed by atoms with van der Waals surface area (Å²) in [6, 6.07) is 13.7. The van der Waals surface area contributed by atoms with E-state index in [9.17, 15) is 5.11 Å². The molecule has 1 atom stereocenters. The fourth-order valence-corrected chi connectivity index (χ4v) is 2.10. The molecule has 0 saturated carbocycles. The lowest BCUT2D eigenvalue weighted by molar-refractivity contribution is 0.241. The second-order valence-corrected chi connectivity index (χ2v) is 5.23. The molecule has 0 bridgehead atoms. The van der Waals surface area contributed by atoms with Crippen LogP contribution in [0.2, 0.25) is 0 Å². The third kappa shape index (κ3) is 4.76. The number of hydrogen-bond donors (Lipinski definition) is 2. The third-order valence-corrected chi connectivity index (χ3v) is 3.02. The minimum atomic E-state index is -0.100. The molecule has 0 radical (unpaired) electrons. The van der Waals surface area contributed by atoms with E-state index >= 15 is 0 Å². The molecule has 1 heterocycles. The Balaban J connectivity index is 2.08. The van der Waals surface area contributed by atoms with Gasteiger partial charge in [0.2, 0.25) is 0 Å². The summed E-state index contributed by atoms with van der Waals surface area (Å²) in [5, 5.41) is 12.9. The largest absolute Gasteiger partial charge is 0.487 e. The van der Waals surface area contributed by atoms with Crippen molar-refractivity contribution in [1.82, 2.24) is 4.98 Å². The molecule has 21 heavy (non-hydrogen) atoms.